The molecule has 0 aliphatic heterocycles. The molecule has 0 saturated carbocycles. The first-order valence-electron chi connectivity index (χ1n) is 6.52. The van der Waals surface area contributed by atoms with Crippen molar-refractivity contribution in [1.29, 1.82) is 0 Å². The van der Waals surface area contributed by atoms with Crippen LogP contribution in [0.25, 0.3) is 0 Å². The summed E-state index contributed by atoms with van der Waals surface area (Å²) in [5.74, 6) is 3.42. The van der Waals surface area contributed by atoms with Gasteiger partial charge in [0.1, 0.15) is 18.0 Å². The van der Waals surface area contributed by atoms with E-state index in [1.54, 1.807) is 6.33 Å². The Labute approximate surface area is 114 Å². The van der Waals surface area contributed by atoms with E-state index >= 15 is 0 Å². The number of nitrogens with zero attached hydrogens (tertiary/aromatic N) is 2. The molecule has 1 aromatic heterocycles. The number of aromatic nitrogens is 2. The summed E-state index contributed by atoms with van der Waals surface area (Å²) in [5, 5.41) is 6.78. The summed E-state index contributed by atoms with van der Waals surface area (Å²) in [6, 6.07) is 0. The molecule has 0 aromatic carbocycles. The van der Waals surface area contributed by atoms with Crippen LogP contribution in [0.4, 0.5) is 11.6 Å². The van der Waals surface area contributed by atoms with Crippen LogP contribution >= 0.6 is 11.8 Å². The molecule has 1 aromatic rings. The average molecular weight is 268 g/mol. The second-order valence-corrected chi connectivity index (χ2v) is 5.47. The van der Waals surface area contributed by atoms with Crippen LogP contribution in [-0.4, -0.2) is 35.1 Å². The van der Waals surface area contributed by atoms with Crippen LogP contribution < -0.4 is 10.6 Å². The molecule has 1 heterocycles. The van der Waals surface area contributed by atoms with Gasteiger partial charge in [0, 0.05) is 24.4 Å². The molecule has 0 spiro atoms. The Bertz CT molecular complexity index is 355. The van der Waals surface area contributed by atoms with Crippen molar-refractivity contribution in [3.8, 4) is 0 Å². The molecule has 0 aliphatic carbocycles. The van der Waals surface area contributed by atoms with Gasteiger partial charge in [-0.2, -0.15) is 11.8 Å². The van der Waals surface area contributed by atoms with E-state index in [2.05, 4.69) is 47.6 Å². The first-order chi connectivity index (χ1) is 8.70. The highest BCUT2D eigenvalue weighted by Gasteiger charge is 2.14. The zero-order chi connectivity index (χ0) is 13.4. The topological polar surface area (TPSA) is 49.8 Å². The van der Waals surface area contributed by atoms with Gasteiger partial charge < -0.3 is 10.6 Å². The van der Waals surface area contributed by atoms with Gasteiger partial charge in [0.25, 0.3) is 0 Å². The van der Waals surface area contributed by atoms with Crippen LogP contribution in [0.2, 0.25) is 0 Å². The molecule has 102 valence electrons. The van der Waals surface area contributed by atoms with Crippen LogP contribution in [0, 0.1) is 0 Å². The van der Waals surface area contributed by atoms with E-state index in [9.17, 15) is 0 Å². The predicted octanol–water partition coefficient (Wildman–Crippen LogP) is 3.20. The molecule has 0 aliphatic rings. The minimum atomic E-state index is 0.405. The minimum absolute atomic E-state index is 0.405. The Kier molecular flexibility index (Phi) is 6.86. The Morgan fingerprint density at radius 3 is 2.28 bits per heavy atom. The maximum absolute atomic E-state index is 4.37. The zero-order valence-corrected chi connectivity index (χ0v) is 12.6. The van der Waals surface area contributed by atoms with Crippen LogP contribution in [0.3, 0.4) is 0 Å². The summed E-state index contributed by atoms with van der Waals surface area (Å²) in [5.41, 5.74) is 1.19. The van der Waals surface area contributed by atoms with Gasteiger partial charge in [0.15, 0.2) is 0 Å². The second kappa shape index (κ2) is 8.19. The number of anilines is 2. The summed E-state index contributed by atoms with van der Waals surface area (Å²) in [4.78, 5) is 8.73. The smallest absolute Gasteiger partial charge is 0.135 e. The van der Waals surface area contributed by atoms with E-state index < -0.39 is 0 Å². The maximum Gasteiger partial charge on any atom is 0.135 e. The lowest BCUT2D eigenvalue weighted by atomic mass is 10.0. The molecule has 0 amide bonds. The third-order valence-electron chi connectivity index (χ3n) is 2.60. The van der Waals surface area contributed by atoms with Gasteiger partial charge in [-0.1, -0.05) is 20.8 Å². The highest BCUT2D eigenvalue weighted by Crippen LogP contribution is 2.28. The lowest BCUT2D eigenvalue weighted by molar-refractivity contribution is 0.841. The molecule has 0 unspecified atom stereocenters. The fourth-order valence-corrected chi connectivity index (χ4v) is 2.05. The van der Waals surface area contributed by atoms with Crippen molar-refractivity contribution in [2.75, 3.05) is 35.7 Å². The van der Waals surface area contributed by atoms with Crippen LogP contribution in [0.15, 0.2) is 6.33 Å². The van der Waals surface area contributed by atoms with Crippen molar-refractivity contribution in [2.24, 2.45) is 0 Å². The number of rotatable bonds is 8. The number of hydrogen-bond donors (Lipinski definition) is 2. The average Bonchev–Trinajstić information content (AvgIpc) is 2.36. The first kappa shape index (κ1) is 15.1. The lowest BCUT2D eigenvalue weighted by Crippen LogP contribution is -2.13. The van der Waals surface area contributed by atoms with Crippen molar-refractivity contribution >= 4 is 23.4 Å². The third-order valence-corrected chi connectivity index (χ3v) is 3.21. The molecule has 5 heteroatoms. The fourth-order valence-electron chi connectivity index (χ4n) is 1.74. The van der Waals surface area contributed by atoms with Crippen molar-refractivity contribution < 1.29 is 0 Å². The summed E-state index contributed by atoms with van der Waals surface area (Å²) in [6.07, 6.45) is 4.83. The predicted molar refractivity (Wildman–Crippen MR) is 81.8 cm³/mol. The SMILES string of the molecule is CCCNc1ncnc(NCCSC)c1C(C)C. The van der Waals surface area contributed by atoms with Gasteiger partial charge in [0.2, 0.25) is 0 Å². The van der Waals surface area contributed by atoms with Crippen molar-refractivity contribution in [2.45, 2.75) is 33.1 Å². The molecule has 4 nitrogen and oxygen atoms in total. The largest absolute Gasteiger partial charge is 0.370 e. The molecular formula is C13H24N4S. The van der Waals surface area contributed by atoms with Gasteiger partial charge in [-0.25, -0.2) is 9.97 Å². The van der Waals surface area contributed by atoms with Crippen molar-refractivity contribution in [3.63, 3.8) is 0 Å². The van der Waals surface area contributed by atoms with E-state index in [1.165, 1.54) is 5.56 Å². The first-order valence-corrected chi connectivity index (χ1v) is 7.91. The fraction of sp³-hybridized carbons (Fsp3) is 0.692. The minimum Gasteiger partial charge on any atom is -0.370 e. The highest BCUT2D eigenvalue weighted by atomic mass is 32.2. The summed E-state index contributed by atoms with van der Waals surface area (Å²) >= 11 is 1.83. The van der Waals surface area contributed by atoms with E-state index in [4.69, 9.17) is 0 Å². The Balaban J connectivity index is 2.87. The molecule has 0 radical (unpaired) electrons. The molecule has 0 saturated heterocycles. The Morgan fingerprint density at radius 2 is 1.78 bits per heavy atom. The molecule has 0 bridgehead atoms. The Morgan fingerprint density at radius 1 is 1.17 bits per heavy atom. The van der Waals surface area contributed by atoms with Gasteiger partial charge in [-0.05, 0) is 18.6 Å². The zero-order valence-electron chi connectivity index (χ0n) is 11.8. The maximum atomic E-state index is 4.37. The van der Waals surface area contributed by atoms with Crippen molar-refractivity contribution in [1.82, 2.24) is 9.97 Å². The summed E-state index contributed by atoms with van der Waals surface area (Å²) < 4.78 is 0. The number of hydrogen-bond acceptors (Lipinski definition) is 5. The molecule has 2 N–H and O–H groups in total. The molecule has 0 atom stereocenters. The van der Waals surface area contributed by atoms with E-state index in [0.717, 1.165) is 36.9 Å². The van der Waals surface area contributed by atoms with Gasteiger partial charge in [-0.3, -0.25) is 0 Å². The molecule has 18 heavy (non-hydrogen) atoms. The van der Waals surface area contributed by atoms with E-state index in [1.807, 2.05) is 11.8 Å². The van der Waals surface area contributed by atoms with Crippen molar-refractivity contribution in [3.05, 3.63) is 11.9 Å². The number of thioether (sulfide) groups is 1. The molecule has 1 rings (SSSR count). The van der Waals surface area contributed by atoms with E-state index in [0.29, 0.717) is 5.92 Å². The standard InChI is InChI=1S/C13H24N4S/c1-5-6-14-12-11(10(2)3)13(17-9-16-12)15-7-8-18-4/h9-10H,5-8H2,1-4H3,(H2,14,15,16,17). The van der Waals surface area contributed by atoms with Crippen LogP contribution in [0.5, 0.6) is 0 Å². The third kappa shape index (κ3) is 4.37. The molecular weight excluding hydrogens is 244 g/mol. The second-order valence-electron chi connectivity index (χ2n) is 4.49. The number of nitrogens with one attached hydrogen (secondary N) is 2. The molecule has 0 fully saturated rings. The highest BCUT2D eigenvalue weighted by molar-refractivity contribution is 7.98. The van der Waals surface area contributed by atoms with Gasteiger partial charge in [0.05, 0.1) is 0 Å². The lowest BCUT2D eigenvalue weighted by Gasteiger charge is -2.17. The van der Waals surface area contributed by atoms with Gasteiger partial charge in [-0.15, -0.1) is 0 Å². The van der Waals surface area contributed by atoms with Gasteiger partial charge >= 0.3 is 0 Å². The summed E-state index contributed by atoms with van der Waals surface area (Å²) in [6.45, 7) is 8.39. The normalized spacial score (nSPS) is 10.7. The quantitative estimate of drug-likeness (QED) is 0.709. The van der Waals surface area contributed by atoms with Crippen LogP contribution in [-0.2, 0) is 0 Å². The van der Waals surface area contributed by atoms with E-state index in [-0.39, 0.29) is 0 Å². The Hall–Kier alpha value is -0.970. The monoisotopic (exact) mass is 268 g/mol. The van der Waals surface area contributed by atoms with Crippen LogP contribution in [0.1, 0.15) is 38.7 Å². The summed E-state index contributed by atoms with van der Waals surface area (Å²) in [7, 11) is 0.